The van der Waals surface area contributed by atoms with Gasteiger partial charge in [0.15, 0.2) is 39.9 Å². The number of alkyl halides is 3. The first-order chi connectivity index (χ1) is 14.0. The molecule has 0 aromatic heterocycles. The van der Waals surface area contributed by atoms with Crippen LogP contribution < -0.4 is 20.1 Å². The summed E-state index contributed by atoms with van der Waals surface area (Å²) in [6.45, 7) is 0.121. The molecule has 0 unspecified atom stereocenters. The van der Waals surface area contributed by atoms with Crippen molar-refractivity contribution in [3.05, 3.63) is 52.6 Å². The Morgan fingerprint density at radius 2 is 1.50 bits per heavy atom. The maximum Gasteiger partial charge on any atom is 0.422 e. The number of anilines is 1. The van der Waals surface area contributed by atoms with Crippen LogP contribution in [-0.4, -0.2) is 25.9 Å². The van der Waals surface area contributed by atoms with Crippen LogP contribution in [0.25, 0.3) is 0 Å². The van der Waals surface area contributed by atoms with Gasteiger partial charge < -0.3 is 20.1 Å². The largest absolute Gasteiger partial charge is 0.493 e. The van der Waals surface area contributed by atoms with E-state index in [-0.39, 0.29) is 6.54 Å². The molecule has 2 N–H and O–H groups in total. The Bertz CT molecular complexity index is 922. The van der Waals surface area contributed by atoms with Crippen molar-refractivity contribution in [1.29, 1.82) is 0 Å². The average molecular weight is 456 g/mol. The summed E-state index contributed by atoms with van der Waals surface area (Å²) in [5, 5.41) is 3.92. The summed E-state index contributed by atoms with van der Waals surface area (Å²) < 4.78 is 103. The van der Waals surface area contributed by atoms with Crippen molar-refractivity contribution in [3.63, 3.8) is 0 Å². The molecule has 0 heterocycles. The van der Waals surface area contributed by atoms with Crippen molar-refractivity contribution in [2.24, 2.45) is 0 Å². The zero-order valence-corrected chi connectivity index (χ0v) is 16.3. The number of hydrogen-bond acceptors (Lipinski definition) is 3. The van der Waals surface area contributed by atoms with Gasteiger partial charge in [0.25, 0.3) is 0 Å². The fraction of sp³-hybridized carbons (Fsp3) is 0.278. The molecular formula is C18H15F7N2O2S. The number of hydrogen-bond donors (Lipinski definition) is 2. The van der Waals surface area contributed by atoms with Gasteiger partial charge in [0.1, 0.15) is 11.3 Å². The van der Waals surface area contributed by atoms with Gasteiger partial charge in [0.05, 0.1) is 14.2 Å². The van der Waals surface area contributed by atoms with Crippen LogP contribution in [0.1, 0.15) is 11.1 Å². The highest BCUT2D eigenvalue weighted by Crippen LogP contribution is 2.38. The summed E-state index contributed by atoms with van der Waals surface area (Å²) in [6.07, 6.45) is -5.27. The standard InChI is InChI=1S/C18H15F7N2O2S/c1-28-9-4-3-8(7-10(9)29-2)5-6-26-17(30)27-16-14(21)12(19)11(18(23,24)25)13(20)15(16)22/h3-4,7H,5-6H2,1-2H3,(H2,26,27,30). The first-order valence-corrected chi connectivity index (χ1v) is 8.61. The molecule has 0 saturated carbocycles. The maximum absolute atomic E-state index is 13.9. The molecule has 4 nitrogen and oxygen atoms in total. The minimum absolute atomic E-state index is 0.121. The van der Waals surface area contributed by atoms with Gasteiger partial charge in [-0.15, -0.1) is 0 Å². The Balaban J connectivity index is 2.09. The van der Waals surface area contributed by atoms with Crippen molar-refractivity contribution >= 4 is 23.0 Å². The average Bonchev–Trinajstić information content (AvgIpc) is 2.68. The molecule has 0 spiro atoms. The summed E-state index contributed by atoms with van der Waals surface area (Å²) in [7, 11) is 2.92. The molecule has 30 heavy (non-hydrogen) atoms. The molecule has 0 aliphatic rings. The van der Waals surface area contributed by atoms with Crippen molar-refractivity contribution in [3.8, 4) is 11.5 Å². The van der Waals surface area contributed by atoms with Gasteiger partial charge in [-0.2, -0.15) is 13.2 Å². The second-order valence-corrected chi connectivity index (χ2v) is 6.23. The summed E-state index contributed by atoms with van der Waals surface area (Å²) in [5.41, 5.74) is -3.36. The number of benzene rings is 2. The third-order valence-corrected chi connectivity index (χ3v) is 4.18. The van der Waals surface area contributed by atoms with Crippen molar-refractivity contribution in [2.45, 2.75) is 12.6 Å². The molecule has 0 saturated heterocycles. The first-order valence-electron chi connectivity index (χ1n) is 8.20. The Kier molecular flexibility index (Phi) is 7.34. The van der Waals surface area contributed by atoms with Gasteiger partial charge in [0.2, 0.25) is 0 Å². The number of rotatable bonds is 6. The SMILES string of the molecule is COc1ccc(CCNC(=S)Nc2c(F)c(F)c(C(F)(F)F)c(F)c2F)cc1OC. The zero-order valence-electron chi connectivity index (χ0n) is 15.5. The van der Waals surface area contributed by atoms with Crippen LogP contribution in [0.2, 0.25) is 0 Å². The summed E-state index contributed by atoms with van der Waals surface area (Å²) in [5.74, 6) is -8.66. The van der Waals surface area contributed by atoms with E-state index in [9.17, 15) is 30.7 Å². The van der Waals surface area contributed by atoms with Gasteiger partial charge in [-0.1, -0.05) is 6.07 Å². The fourth-order valence-corrected chi connectivity index (χ4v) is 2.71. The van der Waals surface area contributed by atoms with Crippen LogP contribution in [0.5, 0.6) is 11.5 Å². The Labute approximate surface area is 172 Å². The van der Waals surface area contributed by atoms with Crippen LogP contribution in [-0.2, 0) is 12.6 Å². The fourth-order valence-electron chi connectivity index (χ4n) is 2.50. The predicted octanol–water partition coefficient (Wildman–Crippen LogP) is 4.81. The van der Waals surface area contributed by atoms with Gasteiger partial charge in [-0.05, 0) is 36.3 Å². The zero-order chi connectivity index (χ0) is 22.6. The molecule has 0 amide bonds. The van der Waals surface area contributed by atoms with E-state index in [0.717, 1.165) is 5.56 Å². The lowest BCUT2D eigenvalue weighted by Gasteiger charge is -2.16. The molecule has 0 aliphatic carbocycles. The lowest BCUT2D eigenvalue weighted by Crippen LogP contribution is -2.31. The first kappa shape index (κ1) is 23.5. The molecule has 2 aromatic carbocycles. The summed E-state index contributed by atoms with van der Waals surface area (Å²) in [4.78, 5) is 0. The lowest BCUT2D eigenvalue weighted by molar-refractivity contribution is -0.143. The van der Waals surface area contributed by atoms with E-state index in [1.54, 1.807) is 18.2 Å². The van der Waals surface area contributed by atoms with E-state index >= 15 is 0 Å². The van der Waals surface area contributed by atoms with Crippen LogP contribution in [0.3, 0.4) is 0 Å². The summed E-state index contributed by atoms with van der Waals surface area (Å²) in [6, 6.07) is 5.06. The van der Waals surface area contributed by atoms with Crippen molar-refractivity contribution in [1.82, 2.24) is 5.32 Å². The highest BCUT2D eigenvalue weighted by Gasteiger charge is 2.42. The third-order valence-electron chi connectivity index (χ3n) is 3.93. The van der Waals surface area contributed by atoms with Gasteiger partial charge in [-0.3, -0.25) is 0 Å². The van der Waals surface area contributed by atoms with E-state index in [2.05, 4.69) is 5.32 Å². The Morgan fingerprint density at radius 1 is 0.933 bits per heavy atom. The highest BCUT2D eigenvalue weighted by atomic mass is 32.1. The van der Waals surface area contributed by atoms with Crippen LogP contribution in [0.4, 0.5) is 36.4 Å². The third kappa shape index (κ3) is 5.04. The number of halogens is 7. The normalized spacial score (nSPS) is 11.2. The lowest BCUT2D eigenvalue weighted by atomic mass is 10.1. The number of thiocarbonyl (C=S) groups is 1. The predicted molar refractivity (Wildman–Crippen MR) is 98.7 cm³/mol. The van der Waals surface area contributed by atoms with Gasteiger partial charge in [0, 0.05) is 6.54 Å². The Hall–Kier alpha value is -2.76. The molecule has 12 heteroatoms. The van der Waals surface area contributed by atoms with E-state index in [1.807, 2.05) is 5.32 Å². The second kappa shape index (κ2) is 9.37. The maximum atomic E-state index is 13.9. The van der Waals surface area contributed by atoms with E-state index in [4.69, 9.17) is 21.7 Å². The molecule has 2 aromatic rings. The topological polar surface area (TPSA) is 42.5 Å². The van der Waals surface area contributed by atoms with E-state index < -0.39 is 45.8 Å². The van der Waals surface area contributed by atoms with Gasteiger partial charge in [-0.25, -0.2) is 17.6 Å². The van der Waals surface area contributed by atoms with Crippen molar-refractivity contribution in [2.75, 3.05) is 26.1 Å². The molecule has 0 aliphatic heterocycles. The smallest absolute Gasteiger partial charge is 0.422 e. The second-order valence-electron chi connectivity index (χ2n) is 5.82. The molecule has 0 bridgehead atoms. The van der Waals surface area contributed by atoms with Crippen LogP contribution >= 0.6 is 12.2 Å². The van der Waals surface area contributed by atoms with E-state index in [1.165, 1.54) is 14.2 Å². The Morgan fingerprint density at radius 3 is 2.00 bits per heavy atom. The number of methoxy groups -OCH3 is 2. The minimum Gasteiger partial charge on any atom is -0.493 e. The molecular weight excluding hydrogens is 441 g/mol. The minimum atomic E-state index is -5.62. The van der Waals surface area contributed by atoms with Crippen molar-refractivity contribution < 1.29 is 40.2 Å². The molecule has 164 valence electrons. The summed E-state index contributed by atoms with van der Waals surface area (Å²) >= 11 is 4.78. The van der Waals surface area contributed by atoms with Crippen LogP contribution in [0, 0.1) is 23.3 Å². The number of nitrogens with one attached hydrogen (secondary N) is 2. The molecule has 0 fully saturated rings. The number of ether oxygens (including phenoxy) is 2. The molecule has 0 radical (unpaired) electrons. The van der Waals surface area contributed by atoms with Crippen LogP contribution in [0.15, 0.2) is 18.2 Å². The quantitative estimate of drug-likeness (QED) is 0.371. The molecule has 0 atom stereocenters. The van der Waals surface area contributed by atoms with E-state index in [0.29, 0.717) is 17.9 Å². The highest BCUT2D eigenvalue weighted by molar-refractivity contribution is 7.80. The molecule has 2 rings (SSSR count). The van der Waals surface area contributed by atoms with Gasteiger partial charge >= 0.3 is 6.18 Å². The monoisotopic (exact) mass is 456 g/mol.